The molecule has 1 aliphatic heterocycles. The first-order valence-electron chi connectivity index (χ1n) is 13.0. The summed E-state index contributed by atoms with van der Waals surface area (Å²) in [7, 11) is 2.88. The second kappa shape index (κ2) is 12.1. The first-order valence-corrected chi connectivity index (χ1v) is 13.8. The number of carbonyl (C=O) groups is 1. The second-order valence-electron chi connectivity index (χ2n) is 9.17. The summed E-state index contributed by atoms with van der Waals surface area (Å²) in [6.07, 6.45) is 2.28. The van der Waals surface area contributed by atoms with Gasteiger partial charge in [-0.05, 0) is 41.8 Å². The van der Waals surface area contributed by atoms with Crippen molar-refractivity contribution in [1.29, 1.82) is 5.26 Å². The van der Waals surface area contributed by atoms with Crippen molar-refractivity contribution >= 4 is 23.4 Å². The molecule has 1 aromatic heterocycles. The summed E-state index contributed by atoms with van der Waals surface area (Å²) < 4.78 is 18.7. The van der Waals surface area contributed by atoms with E-state index in [2.05, 4.69) is 6.07 Å². The van der Waals surface area contributed by atoms with Crippen LogP contribution in [0.25, 0.3) is 6.08 Å². The quantitative estimate of drug-likeness (QED) is 0.296. The minimum Gasteiger partial charge on any atom is -0.493 e. The molecule has 8 nitrogen and oxygen atoms in total. The lowest BCUT2D eigenvalue weighted by atomic mass is 9.95. The molecule has 3 aromatic carbocycles. The average Bonchev–Trinajstić information content (AvgIpc) is 3.33. The van der Waals surface area contributed by atoms with Gasteiger partial charge < -0.3 is 14.2 Å². The molecule has 2 heterocycles. The van der Waals surface area contributed by atoms with Crippen molar-refractivity contribution in [2.45, 2.75) is 26.0 Å². The number of ether oxygens (including phenoxy) is 3. The lowest BCUT2D eigenvalue weighted by molar-refractivity contribution is -0.136. The molecule has 206 valence electrons. The zero-order valence-electron chi connectivity index (χ0n) is 22.8. The van der Waals surface area contributed by atoms with E-state index in [0.717, 1.165) is 16.7 Å². The Balaban J connectivity index is 1.55. The zero-order chi connectivity index (χ0) is 28.9. The van der Waals surface area contributed by atoms with Gasteiger partial charge in [-0.2, -0.15) is 5.26 Å². The number of hydrogen-bond acceptors (Lipinski definition) is 8. The van der Waals surface area contributed by atoms with Gasteiger partial charge in [-0.1, -0.05) is 72.9 Å². The highest BCUT2D eigenvalue weighted by Crippen LogP contribution is 2.32. The fourth-order valence-corrected chi connectivity index (χ4v) is 5.79. The topological polar surface area (TPSA) is 103 Å². The van der Waals surface area contributed by atoms with E-state index in [9.17, 15) is 14.9 Å². The van der Waals surface area contributed by atoms with Crippen LogP contribution in [0.5, 0.6) is 11.5 Å². The molecule has 0 amide bonds. The number of rotatable bonds is 8. The van der Waals surface area contributed by atoms with Crippen LogP contribution in [0.1, 0.15) is 41.6 Å². The Kier molecular flexibility index (Phi) is 8.13. The number of nitriles is 1. The van der Waals surface area contributed by atoms with Crippen LogP contribution < -0.4 is 24.4 Å². The fourth-order valence-electron chi connectivity index (χ4n) is 4.77. The van der Waals surface area contributed by atoms with E-state index in [1.807, 2.05) is 61.5 Å². The Morgan fingerprint density at radius 3 is 2.54 bits per heavy atom. The first-order chi connectivity index (χ1) is 20.0. The van der Waals surface area contributed by atoms with Crippen LogP contribution >= 0.6 is 11.3 Å². The summed E-state index contributed by atoms with van der Waals surface area (Å²) >= 11 is 1.26. The van der Waals surface area contributed by atoms with Gasteiger partial charge in [0.2, 0.25) is 0 Å². The number of aromatic nitrogens is 1. The van der Waals surface area contributed by atoms with E-state index < -0.39 is 12.0 Å². The molecule has 4 aromatic rings. The molecule has 41 heavy (non-hydrogen) atoms. The van der Waals surface area contributed by atoms with Gasteiger partial charge in [0.05, 0.1) is 47.7 Å². The smallest absolute Gasteiger partial charge is 0.338 e. The molecule has 0 unspecified atom stereocenters. The lowest BCUT2D eigenvalue weighted by Crippen LogP contribution is -2.40. The van der Waals surface area contributed by atoms with Gasteiger partial charge in [0, 0.05) is 5.56 Å². The monoisotopic (exact) mass is 565 g/mol. The third kappa shape index (κ3) is 5.42. The number of carbonyl (C=O) groups excluding carboxylic acids is 1. The van der Waals surface area contributed by atoms with E-state index in [1.165, 1.54) is 18.4 Å². The van der Waals surface area contributed by atoms with Crippen molar-refractivity contribution in [3.8, 4) is 17.6 Å². The Labute approximate surface area is 240 Å². The molecule has 5 rings (SSSR count). The molecule has 0 saturated carbocycles. The van der Waals surface area contributed by atoms with E-state index in [0.29, 0.717) is 44.1 Å². The minimum absolute atomic E-state index is 0.208. The maximum absolute atomic E-state index is 13.8. The highest BCUT2D eigenvalue weighted by atomic mass is 32.1. The van der Waals surface area contributed by atoms with Gasteiger partial charge in [-0.25, -0.2) is 9.79 Å². The van der Waals surface area contributed by atoms with Crippen LogP contribution in [0.4, 0.5) is 0 Å². The standard InChI is InChI=1S/C32H27N3O5S/c1-4-24-28(31(37)39-3)29(21-10-6-5-7-11-21)35-30(36)27(41-32(35)34-24)17-20-14-15-25(26(16-20)38-2)40-19-23-13-9-8-12-22(23)18-33/h5-17,29H,4,19H2,1-3H3/b27-17-/t29-/m0/s1. The predicted molar refractivity (Wildman–Crippen MR) is 155 cm³/mol. The molecule has 9 heteroatoms. The van der Waals surface area contributed by atoms with Crippen molar-refractivity contribution in [3.63, 3.8) is 0 Å². The SMILES string of the molecule is CCC1=C(C(=O)OC)[C@H](c2ccccc2)n2c(s/c(=C\c3ccc(OCc4ccccc4C#N)c(OC)c3)c2=O)=N1. The number of hydrogen-bond donors (Lipinski definition) is 0. The average molecular weight is 566 g/mol. The van der Waals surface area contributed by atoms with Gasteiger partial charge >= 0.3 is 5.97 Å². The Bertz CT molecular complexity index is 1870. The maximum Gasteiger partial charge on any atom is 0.338 e. The van der Waals surface area contributed by atoms with Crippen molar-refractivity contribution in [2.24, 2.45) is 4.99 Å². The lowest BCUT2D eigenvalue weighted by Gasteiger charge is -2.25. The van der Waals surface area contributed by atoms with Gasteiger partial charge in [0.15, 0.2) is 16.3 Å². The summed E-state index contributed by atoms with van der Waals surface area (Å²) in [5, 5.41) is 9.35. The number of methoxy groups -OCH3 is 2. The molecule has 0 aliphatic carbocycles. The predicted octanol–water partition coefficient (Wildman–Crippen LogP) is 4.26. The molecular weight excluding hydrogens is 538 g/mol. The Hall–Kier alpha value is -4.94. The van der Waals surface area contributed by atoms with E-state index in [-0.39, 0.29) is 12.2 Å². The summed E-state index contributed by atoms with van der Waals surface area (Å²) in [6.45, 7) is 2.13. The molecule has 0 N–H and O–H groups in total. The van der Waals surface area contributed by atoms with E-state index >= 15 is 0 Å². The largest absolute Gasteiger partial charge is 0.493 e. The minimum atomic E-state index is -0.654. The van der Waals surface area contributed by atoms with Gasteiger partial charge in [0.1, 0.15) is 6.61 Å². The zero-order valence-corrected chi connectivity index (χ0v) is 23.6. The number of allylic oxidation sites excluding steroid dienone is 1. The fraction of sp³-hybridized carbons (Fsp3) is 0.188. The highest BCUT2D eigenvalue weighted by molar-refractivity contribution is 7.07. The Morgan fingerprint density at radius 1 is 1.07 bits per heavy atom. The summed E-state index contributed by atoms with van der Waals surface area (Å²) in [6, 6.07) is 23.6. The van der Waals surface area contributed by atoms with Gasteiger partial charge in [0.25, 0.3) is 5.56 Å². The van der Waals surface area contributed by atoms with Gasteiger partial charge in [-0.15, -0.1) is 0 Å². The summed E-state index contributed by atoms with van der Waals surface area (Å²) in [5.41, 5.74) is 3.55. The maximum atomic E-state index is 13.8. The number of nitrogens with zero attached hydrogens (tertiary/aromatic N) is 3. The third-order valence-corrected chi connectivity index (χ3v) is 7.75. The van der Waals surface area contributed by atoms with E-state index in [4.69, 9.17) is 19.2 Å². The van der Waals surface area contributed by atoms with Crippen LogP contribution in [0.3, 0.4) is 0 Å². The molecule has 0 bridgehead atoms. The highest BCUT2D eigenvalue weighted by Gasteiger charge is 2.33. The van der Waals surface area contributed by atoms with Gasteiger partial charge in [-0.3, -0.25) is 9.36 Å². The van der Waals surface area contributed by atoms with Crippen molar-refractivity contribution in [3.05, 3.63) is 126 Å². The second-order valence-corrected chi connectivity index (χ2v) is 10.2. The number of benzene rings is 3. The van der Waals surface area contributed by atoms with Crippen molar-refractivity contribution < 1.29 is 19.0 Å². The number of esters is 1. The number of fused-ring (bicyclic) bond motifs is 1. The third-order valence-electron chi connectivity index (χ3n) is 6.77. The molecule has 1 atom stereocenters. The molecule has 0 saturated heterocycles. The summed E-state index contributed by atoms with van der Waals surface area (Å²) in [4.78, 5) is 32.0. The van der Waals surface area contributed by atoms with Crippen LogP contribution in [-0.2, 0) is 16.1 Å². The van der Waals surface area contributed by atoms with E-state index in [1.54, 1.807) is 36.0 Å². The molecule has 0 radical (unpaired) electrons. The van der Waals surface area contributed by atoms with Crippen molar-refractivity contribution in [2.75, 3.05) is 14.2 Å². The molecular formula is C32H27N3O5S. The van der Waals surface area contributed by atoms with Crippen LogP contribution in [0.2, 0.25) is 0 Å². The first kappa shape index (κ1) is 27.6. The number of thiazole rings is 1. The molecule has 0 spiro atoms. The van der Waals surface area contributed by atoms with Crippen LogP contribution in [0.15, 0.2) is 93.9 Å². The van der Waals surface area contributed by atoms with Crippen molar-refractivity contribution in [1.82, 2.24) is 4.57 Å². The van der Waals surface area contributed by atoms with Crippen LogP contribution in [0, 0.1) is 11.3 Å². The molecule has 1 aliphatic rings. The van der Waals surface area contributed by atoms with Crippen LogP contribution in [-0.4, -0.2) is 24.8 Å². The summed E-state index contributed by atoms with van der Waals surface area (Å²) in [5.74, 6) is 0.495. The normalized spacial score (nSPS) is 14.6. The molecule has 0 fully saturated rings. The Morgan fingerprint density at radius 2 is 1.83 bits per heavy atom.